The number of nitrogens with zero attached hydrogens (tertiary/aromatic N) is 3. The van der Waals surface area contributed by atoms with Crippen molar-refractivity contribution in [3.63, 3.8) is 0 Å². The van der Waals surface area contributed by atoms with Gasteiger partial charge in [0.15, 0.2) is 5.82 Å². The molecule has 3 aromatic rings. The number of anilines is 1. The van der Waals surface area contributed by atoms with Crippen LogP contribution >= 0.6 is 0 Å². The predicted molar refractivity (Wildman–Crippen MR) is 107 cm³/mol. The van der Waals surface area contributed by atoms with Crippen LogP contribution in [0.3, 0.4) is 0 Å². The van der Waals surface area contributed by atoms with E-state index in [1.807, 2.05) is 44.2 Å². The molecule has 1 aromatic carbocycles. The van der Waals surface area contributed by atoms with Crippen LogP contribution < -0.4 is 5.73 Å². The second-order valence-electron chi connectivity index (χ2n) is 7.36. The van der Waals surface area contributed by atoms with Gasteiger partial charge < -0.3 is 20.7 Å². The average Bonchev–Trinajstić information content (AvgIpc) is 3.14. The van der Waals surface area contributed by atoms with Crippen LogP contribution in [0.2, 0.25) is 0 Å². The van der Waals surface area contributed by atoms with Gasteiger partial charge in [-0.05, 0) is 31.0 Å². The average molecular weight is 384 g/mol. The number of hydrogen-bond donors (Lipinski definition) is 3. The van der Waals surface area contributed by atoms with E-state index in [1.54, 1.807) is 23.6 Å². The molecule has 0 aliphatic heterocycles. The molecule has 7 heteroatoms. The van der Waals surface area contributed by atoms with E-state index in [4.69, 9.17) is 10.5 Å². The van der Waals surface area contributed by atoms with E-state index in [0.717, 1.165) is 5.56 Å². The topological polar surface area (TPSA) is 106 Å². The molecule has 2 heterocycles. The molecule has 2 aromatic heterocycles. The first kappa shape index (κ1) is 20.3. The third-order valence-corrected chi connectivity index (χ3v) is 5.33. The summed E-state index contributed by atoms with van der Waals surface area (Å²) in [5.74, 6) is 0.0221. The molecule has 4 N–H and O–H groups in total. The number of hydrogen-bond acceptors (Lipinski definition) is 6. The minimum absolute atomic E-state index is 0.312. The molecule has 0 amide bonds. The molecule has 3 rings (SSSR count). The highest BCUT2D eigenvalue weighted by Crippen LogP contribution is 2.35. The van der Waals surface area contributed by atoms with Gasteiger partial charge >= 0.3 is 0 Å². The highest BCUT2D eigenvalue weighted by molar-refractivity contribution is 5.65. The van der Waals surface area contributed by atoms with E-state index in [2.05, 4.69) is 10.1 Å². The van der Waals surface area contributed by atoms with Crippen LogP contribution in [0.15, 0.2) is 48.8 Å². The van der Waals surface area contributed by atoms with Crippen LogP contribution in [0.4, 0.5) is 5.82 Å². The van der Waals surface area contributed by atoms with Gasteiger partial charge in [0.1, 0.15) is 17.4 Å². The molecule has 0 saturated heterocycles. The number of benzene rings is 1. The SMILES string of the molecule is CC[C@@H](O)[C@@H](C)[C@@H](OCc1ccccc1)C(C)(O)c1ccc2c(N)ncnn12. The van der Waals surface area contributed by atoms with Crippen molar-refractivity contribution < 1.29 is 14.9 Å². The Morgan fingerprint density at radius 1 is 1.21 bits per heavy atom. The van der Waals surface area contributed by atoms with Gasteiger partial charge in [0.05, 0.1) is 24.5 Å². The molecule has 0 aliphatic carbocycles. The first-order valence-electron chi connectivity index (χ1n) is 9.51. The van der Waals surface area contributed by atoms with Crippen molar-refractivity contribution in [3.8, 4) is 0 Å². The second-order valence-corrected chi connectivity index (χ2v) is 7.36. The van der Waals surface area contributed by atoms with Gasteiger partial charge in [-0.3, -0.25) is 0 Å². The summed E-state index contributed by atoms with van der Waals surface area (Å²) in [5, 5.41) is 26.3. The summed E-state index contributed by atoms with van der Waals surface area (Å²) >= 11 is 0. The fraction of sp³-hybridized carbons (Fsp3) is 0.429. The Morgan fingerprint density at radius 2 is 1.93 bits per heavy atom. The van der Waals surface area contributed by atoms with Gasteiger partial charge in [-0.1, -0.05) is 44.2 Å². The quantitative estimate of drug-likeness (QED) is 0.551. The normalized spacial score (nSPS) is 17.2. The van der Waals surface area contributed by atoms with Crippen molar-refractivity contribution in [2.45, 2.75) is 51.6 Å². The summed E-state index contributed by atoms with van der Waals surface area (Å²) < 4.78 is 7.76. The van der Waals surface area contributed by atoms with Crippen molar-refractivity contribution in [2.24, 2.45) is 5.92 Å². The molecule has 0 fully saturated rings. The molecule has 0 saturated carbocycles. The summed E-state index contributed by atoms with van der Waals surface area (Å²) in [5.41, 5.74) is 6.65. The second kappa shape index (κ2) is 8.26. The lowest BCUT2D eigenvalue weighted by Crippen LogP contribution is -2.47. The molecule has 28 heavy (non-hydrogen) atoms. The van der Waals surface area contributed by atoms with Gasteiger partial charge in [0.2, 0.25) is 0 Å². The van der Waals surface area contributed by atoms with Gasteiger partial charge in [0.25, 0.3) is 0 Å². The maximum absolute atomic E-state index is 11.6. The molecule has 4 atom stereocenters. The number of ether oxygens (including phenoxy) is 1. The zero-order valence-corrected chi connectivity index (χ0v) is 16.5. The summed E-state index contributed by atoms with van der Waals surface area (Å²) in [4.78, 5) is 3.99. The highest BCUT2D eigenvalue weighted by atomic mass is 16.5. The predicted octanol–water partition coefficient (Wildman–Crippen LogP) is 2.51. The van der Waals surface area contributed by atoms with Gasteiger partial charge in [-0.2, -0.15) is 5.10 Å². The largest absolute Gasteiger partial charge is 0.393 e. The van der Waals surface area contributed by atoms with Gasteiger partial charge in [-0.25, -0.2) is 9.50 Å². The Hall–Kier alpha value is -2.48. The fourth-order valence-electron chi connectivity index (χ4n) is 3.64. The molecule has 0 spiro atoms. The Morgan fingerprint density at radius 3 is 2.61 bits per heavy atom. The third kappa shape index (κ3) is 3.87. The van der Waals surface area contributed by atoms with E-state index in [1.165, 1.54) is 6.33 Å². The lowest BCUT2D eigenvalue weighted by atomic mass is 9.83. The molecular weight excluding hydrogens is 356 g/mol. The molecule has 150 valence electrons. The Balaban J connectivity index is 1.97. The molecule has 0 aliphatic rings. The van der Waals surface area contributed by atoms with Crippen molar-refractivity contribution in [1.29, 1.82) is 0 Å². The van der Waals surface area contributed by atoms with Crippen LogP contribution in [0.25, 0.3) is 5.52 Å². The summed E-state index contributed by atoms with van der Waals surface area (Å²) in [7, 11) is 0. The highest BCUT2D eigenvalue weighted by Gasteiger charge is 2.42. The van der Waals surface area contributed by atoms with Crippen molar-refractivity contribution >= 4 is 11.3 Å². The van der Waals surface area contributed by atoms with Crippen LogP contribution in [0, 0.1) is 5.92 Å². The monoisotopic (exact) mass is 384 g/mol. The molecular formula is C21H28N4O3. The Labute approximate surface area is 164 Å². The summed E-state index contributed by atoms with van der Waals surface area (Å²) in [6.07, 6.45) is 0.633. The number of rotatable bonds is 8. The molecule has 0 bridgehead atoms. The minimum Gasteiger partial charge on any atom is -0.393 e. The number of aromatic nitrogens is 3. The van der Waals surface area contributed by atoms with Crippen LogP contribution in [0.5, 0.6) is 0 Å². The Bertz CT molecular complexity index is 910. The lowest BCUT2D eigenvalue weighted by molar-refractivity contribution is -0.153. The number of aliphatic hydroxyl groups excluding tert-OH is 1. The Kier molecular flexibility index (Phi) is 5.98. The smallest absolute Gasteiger partial charge is 0.151 e. The van der Waals surface area contributed by atoms with Crippen molar-refractivity contribution in [2.75, 3.05) is 5.73 Å². The van der Waals surface area contributed by atoms with Crippen LogP contribution in [-0.4, -0.2) is 37.0 Å². The van der Waals surface area contributed by atoms with Crippen LogP contribution in [0.1, 0.15) is 38.4 Å². The maximum Gasteiger partial charge on any atom is 0.151 e. The van der Waals surface area contributed by atoms with E-state index in [0.29, 0.717) is 30.1 Å². The summed E-state index contributed by atoms with van der Waals surface area (Å²) in [6, 6.07) is 13.3. The molecule has 1 unspecified atom stereocenters. The standard InChI is InChI=1S/C21H28N4O3/c1-4-17(26)14(2)19(28-12-15-8-6-5-7-9-15)21(3,27)18-11-10-16-20(22)23-13-24-25(16)18/h5-11,13-14,17,19,26-27H,4,12H2,1-3H3,(H2,22,23,24)/t14-,17-,19-,21?/m1/s1. The molecule has 7 nitrogen and oxygen atoms in total. The van der Waals surface area contributed by atoms with Crippen molar-refractivity contribution in [1.82, 2.24) is 14.6 Å². The summed E-state index contributed by atoms with van der Waals surface area (Å²) in [6.45, 7) is 5.80. The van der Waals surface area contributed by atoms with E-state index >= 15 is 0 Å². The maximum atomic E-state index is 11.6. The number of fused-ring (bicyclic) bond motifs is 1. The zero-order valence-electron chi connectivity index (χ0n) is 16.5. The van der Waals surface area contributed by atoms with Gasteiger partial charge in [0, 0.05) is 5.92 Å². The first-order chi connectivity index (χ1) is 13.4. The fourth-order valence-corrected chi connectivity index (χ4v) is 3.64. The third-order valence-electron chi connectivity index (χ3n) is 5.33. The van der Waals surface area contributed by atoms with Crippen molar-refractivity contribution in [3.05, 3.63) is 60.0 Å². The number of nitrogen functional groups attached to an aromatic ring is 1. The first-order valence-corrected chi connectivity index (χ1v) is 9.51. The van der Waals surface area contributed by atoms with E-state index < -0.39 is 17.8 Å². The van der Waals surface area contributed by atoms with Crippen LogP contribution in [-0.2, 0) is 16.9 Å². The lowest BCUT2D eigenvalue weighted by Gasteiger charge is -2.38. The van der Waals surface area contributed by atoms with Gasteiger partial charge in [-0.15, -0.1) is 0 Å². The number of nitrogens with two attached hydrogens (primary N) is 1. The number of aliphatic hydroxyl groups is 2. The minimum atomic E-state index is -1.42. The van der Waals surface area contributed by atoms with E-state index in [-0.39, 0.29) is 5.92 Å². The zero-order chi connectivity index (χ0) is 20.3. The molecule has 0 radical (unpaired) electrons. The van der Waals surface area contributed by atoms with E-state index in [9.17, 15) is 10.2 Å².